The first-order valence-corrected chi connectivity index (χ1v) is 9.74. The van der Waals surface area contributed by atoms with Crippen LogP contribution in [0, 0.1) is 6.92 Å². The molecule has 2 aromatic rings. The predicted octanol–water partition coefficient (Wildman–Crippen LogP) is 2.36. The van der Waals surface area contributed by atoms with Crippen LogP contribution in [-0.4, -0.2) is 38.2 Å². The Morgan fingerprint density at radius 2 is 2.00 bits per heavy atom. The first-order valence-electron chi connectivity index (χ1n) is 9.74. The number of aryl methyl sites for hydroxylation is 1. The second kappa shape index (κ2) is 11.8. The van der Waals surface area contributed by atoms with Crippen molar-refractivity contribution in [1.29, 1.82) is 0 Å². The number of nitrogens with one attached hydrogen (secondary N) is 2. The van der Waals surface area contributed by atoms with Crippen LogP contribution in [0.15, 0.2) is 39.7 Å². The lowest BCUT2D eigenvalue weighted by atomic mass is 10.1. The third kappa shape index (κ3) is 7.50. The van der Waals surface area contributed by atoms with Crippen LogP contribution in [0.4, 0.5) is 0 Å². The number of rotatable bonds is 11. The van der Waals surface area contributed by atoms with E-state index in [4.69, 9.17) is 19.6 Å². The maximum Gasteiger partial charge on any atom is 0.284 e. The van der Waals surface area contributed by atoms with Gasteiger partial charge in [0.1, 0.15) is 18.1 Å². The number of guanidine groups is 1. The van der Waals surface area contributed by atoms with Crippen LogP contribution >= 0.6 is 0 Å². The molecule has 0 aliphatic rings. The van der Waals surface area contributed by atoms with Crippen molar-refractivity contribution in [3.63, 3.8) is 0 Å². The molecular weight excluding hydrogens is 372 g/mol. The molecule has 158 valence electrons. The number of benzene rings is 1. The SMILES string of the molecule is CCNC(=NCc1ccc(C)cc1OCCOCC)NCc1ccc(C(N)=O)o1. The van der Waals surface area contributed by atoms with Gasteiger partial charge in [-0.05, 0) is 44.5 Å². The van der Waals surface area contributed by atoms with Crippen molar-refractivity contribution in [1.82, 2.24) is 10.6 Å². The van der Waals surface area contributed by atoms with Crippen LogP contribution in [0.1, 0.15) is 41.3 Å². The molecule has 0 fully saturated rings. The van der Waals surface area contributed by atoms with E-state index in [-0.39, 0.29) is 5.76 Å². The van der Waals surface area contributed by atoms with Crippen LogP contribution in [0.5, 0.6) is 5.75 Å². The van der Waals surface area contributed by atoms with Crippen LogP contribution in [0.3, 0.4) is 0 Å². The van der Waals surface area contributed by atoms with E-state index in [1.54, 1.807) is 12.1 Å². The van der Waals surface area contributed by atoms with E-state index >= 15 is 0 Å². The Morgan fingerprint density at radius 1 is 1.17 bits per heavy atom. The number of furan rings is 1. The molecule has 0 aliphatic heterocycles. The summed E-state index contributed by atoms with van der Waals surface area (Å²) in [6.45, 7) is 9.22. The van der Waals surface area contributed by atoms with Gasteiger partial charge in [0.05, 0.1) is 19.7 Å². The molecule has 0 atom stereocenters. The summed E-state index contributed by atoms with van der Waals surface area (Å²) in [4.78, 5) is 15.8. The van der Waals surface area contributed by atoms with Gasteiger partial charge in [0.2, 0.25) is 0 Å². The number of nitrogens with two attached hydrogens (primary N) is 1. The largest absolute Gasteiger partial charge is 0.491 e. The fourth-order valence-corrected chi connectivity index (χ4v) is 2.56. The van der Waals surface area contributed by atoms with Crippen molar-refractivity contribution in [3.8, 4) is 5.75 Å². The molecule has 0 saturated heterocycles. The molecule has 0 aliphatic carbocycles. The molecule has 0 unspecified atom stereocenters. The van der Waals surface area contributed by atoms with E-state index in [1.807, 2.05) is 39.0 Å². The lowest BCUT2D eigenvalue weighted by molar-refractivity contribution is 0.0972. The minimum absolute atomic E-state index is 0.136. The first-order chi connectivity index (χ1) is 14.0. The van der Waals surface area contributed by atoms with E-state index in [1.165, 1.54) is 0 Å². The Bertz CT molecular complexity index is 817. The zero-order chi connectivity index (χ0) is 21.1. The molecule has 0 spiro atoms. The number of hydrogen-bond donors (Lipinski definition) is 3. The van der Waals surface area contributed by atoms with Crippen LogP contribution < -0.4 is 21.1 Å². The minimum atomic E-state index is -0.590. The highest BCUT2D eigenvalue weighted by Crippen LogP contribution is 2.21. The number of nitrogens with zero attached hydrogens (tertiary/aromatic N) is 1. The van der Waals surface area contributed by atoms with Crippen molar-refractivity contribution in [2.75, 3.05) is 26.4 Å². The van der Waals surface area contributed by atoms with E-state index in [0.717, 1.165) is 16.9 Å². The maximum absolute atomic E-state index is 11.1. The number of amides is 1. The summed E-state index contributed by atoms with van der Waals surface area (Å²) in [7, 11) is 0. The molecular formula is C21H30N4O4. The van der Waals surface area contributed by atoms with Crippen LogP contribution in [0.25, 0.3) is 0 Å². The van der Waals surface area contributed by atoms with Crippen molar-refractivity contribution in [2.45, 2.75) is 33.9 Å². The van der Waals surface area contributed by atoms with E-state index in [9.17, 15) is 4.79 Å². The van der Waals surface area contributed by atoms with Gasteiger partial charge < -0.3 is 30.3 Å². The summed E-state index contributed by atoms with van der Waals surface area (Å²) in [5, 5.41) is 6.37. The van der Waals surface area contributed by atoms with Gasteiger partial charge in [-0.3, -0.25) is 4.79 Å². The summed E-state index contributed by atoms with van der Waals surface area (Å²) in [5.74, 6) is 1.58. The van der Waals surface area contributed by atoms with Gasteiger partial charge in [-0.1, -0.05) is 12.1 Å². The average Bonchev–Trinajstić information content (AvgIpc) is 3.18. The van der Waals surface area contributed by atoms with Crippen molar-refractivity contribution >= 4 is 11.9 Å². The van der Waals surface area contributed by atoms with Gasteiger partial charge in [0.25, 0.3) is 5.91 Å². The molecule has 0 saturated carbocycles. The summed E-state index contributed by atoms with van der Waals surface area (Å²) in [5.41, 5.74) is 7.32. The molecule has 8 nitrogen and oxygen atoms in total. The highest BCUT2D eigenvalue weighted by molar-refractivity contribution is 5.89. The first kappa shape index (κ1) is 22.3. The highest BCUT2D eigenvalue weighted by atomic mass is 16.5. The lowest BCUT2D eigenvalue weighted by Gasteiger charge is -2.13. The zero-order valence-electron chi connectivity index (χ0n) is 17.3. The third-order valence-corrected chi connectivity index (χ3v) is 4.00. The average molecular weight is 402 g/mol. The minimum Gasteiger partial charge on any atom is -0.491 e. The van der Waals surface area contributed by atoms with Gasteiger partial charge in [0.15, 0.2) is 11.7 Å². The fraction of sp³-hybridized carbons (Fsp3) is 0.429. The number of carbonyl (C=O) groups excluding carboxylic acids is 1. The number of primary amides is 1. The zero-order valence-corrected chi connectivity index (χ0v) is 17.3. The molecule has 1 aromatic heterocycles. The Hall–Kier alpha value is -3.00. The summed E-state index contributed by atoms with van der Waals surface area (Å²) in [6, 6.07) is 9.33. The number of hydrogen-bond acceptors (Lipinski definition) is 5. The molecule has 2 rings (SSSR count). The van der Waals surface area contributed by atoms with Gasteiger partial charge in [0, 0.05) is 18.7 Å². The molecule has 8 heteroatoms. The summed E-state index contributed by atoms with van der Waals surface area (Å²) >= 11 is 0. The van der Waals surface area contributed by atoms with Gasteiger partial charge >= 0.3 is 0 Å². The molecule has 29 heavy (non-hydrogen) atoms. The van der Waals surface area contributed by atoms with Crippen LogP contribution in [-0.2, 0) is 17.8 Å². The van der Waals surface area contributed by atoms with Crippen molar-refractivity contribution in [3.05, 3.63) is 53.0 Å². The number of ether oxygens (including phenoxy) is 2. The number of aliphatic imine (C=N–C) groups is 1. The smallest absolute Gasteiger partial charge is 0.284 e. The Morgan fingerprint density at radius 3 is 2.69 bits per heavy atom. The molecule has 0 radical (unpaired) electrons. The van der Waals surface area contributed by atoms with Crippen LogP contribution in [0.2, 0.25) is 0 Å². The normalized spacial score (nSPS) is 11.3. The van der Waals surface area contributed by atoms with Gasteiger partial charge in [-0.25, -0.2) is 4.99 Å². The van der Waals surface area contributed by atoms with Crippen molar-refractivity contribution < 1.29 is 18.7 Å². The van der Waals surface area contributed by atoms with Gasteiger partial charge in [-0.15, -0.1) is 0 Å². The highest BCUT2D eigenvalue weighted by Gasteiger charge is 2.08. The summed E-state index contributed by atoms with van der Waals surface area (Å²) < 4.78 is 16.6. The molecule has 1 heterocycles. The summed E-state index contributed by atoms with van der Waals surface area (Å²) in [6.07, 6.45) is 0. The second-order valence-corrected chi connectivity index (χ2v) is 6.34. The molecule has 1 amide bonds. The monoisotopic (exact) mass is 402 g/mol. The van der Waals surface area contributed by atoms with Gasteiger partial charge in [-0.2, -0.15) is 0 Å². The Balaban J connectivity index is 2.01. The van der Waals surface area contributed by atoms with E-state index < -0.39 is 5.91 Å². The lowest BCUT2D eigenvalue weighted by Crippen LogP contribution is -2.36. The maximum atomic E-state index is 11.1. The standard InChI is InChI=1S/C21H30N4O4/c1-4-23-21(25-14-17-8-9-18(29-17)20(22)26)24-13-16-7-6-15(3)12-19(16)28-11-10-27-5-2/h6-9,12H,4-5,10-11,13-14H2,1-3H3,(H2,22,26)(H2,23,24,25). The number of carbonyl (C=O) groups is 1. The topological polar surface area (TPSA) is 111 Å². The van der Waals surface area contributed by atoms with Crippen molar-refractivity contribution in [2.24, 2.45) is 10.7 Å². The molecule has 0 bridgehead atoms. The quantitative estimate of drug-likeness (QED) is 0.302. The molecule has 4 N–H and O–H groups in total. The fourth-order valence-electron chi connectivity index (χ4n) is 2.56. The second-order valence-electron chi connectivity index (χ2n) is 6.34. The van der Waals surface area contributed by atoms with E-state index in [2.05, 4.69) is 15.6 Å². The molecule has 1 aromatic carbocycles. The Labute approximate surface area is 171 Å². The van der Waals surface area contributed by atoms with E-state index in [0.29, 0.717) is 51.2 Å². The Kier molecular flexibility index (Phi) is 9.04. The third-order valence-electron chi connectivity index (χ3n) is 4.00. The predicted molar refractivity (Wildman–Crippen MR) is 112 cm³/mol.